The van der Waals surface area contributed by atoms with Crippen LogP contribution in [-0.4, -0.2) is 12.6 Å². The van der Waals surface area contributed by atoms with Gasteiger partial charge in [0.1, 0.15) is 0 Å². The third-order valence-electron chi connectivity index (χ3n) is 5.97. The van der Waals surface area contributed by atoms with E-state index in [0.717, 1.165) is 18.4 Å². The van der Waals surface area contributed by atoms with Crippen LogP contribution in [0.2, 0.25) is 0 Å². The van der Waals surface area contributed by atoms with E-state index in [1.54, 1.807) is 0 Å². The lowest BCUT2D eigenvalue weighted by molar-refractivity contribution is -0.145. The third kappa shape index (κ3) is 13.1. The summed E-state index contributed by atoms with van der Waals surface area (Å²) in [5, 5.41) is 0. The maximum atomic E-state index is 12.3. The van der Waals surface area contributed by atoms with Crippen LogP contribution < -0.4 is 0 Å². The molecule has 0 saturated carbocycles. The molecule has 0 heterocycles. The summed E-state index contributed by atoms with van der Waals surface area (Å²) in [4.78, 5) is 12.3. The summed E-state index contributed by atoms with van der Waals surface area (Å²) in [6.45, 7) is 9.24. The Kier molecular flexibility index (Phi) is 15.5. The molecule has 0 N–H and O–H groups in total. The number of carbonyl (C=O) groups is 1. The molecule has 0 radical (unpaired) electrons. The maximum Gasteiger partial charge on any atom is 0.313 e. The van der Waals surface area contributed by atoms with Gasteiger partial charge in [-0.3, -0.25) is 4.79 Å². The van der Waals surface area contributed by atoms with Gasteiger partial charge < -0.3 is 4.74 Å². The highest BCUT2D eigenvalue weighted by atomic mass is 16.5. The molecular weight excluding hydrogens is 368 g/mol. The van der Waals surface area contributed by atoms with Crippen molar-refractivity contribution < 1.29 is 9.53 Å². The molecule has 0 bridgehead atoms. The zero-order chi connectivity index (χ0) is 22.0. The summed E-state index contributed by atoms with van der Waals surface area (Å²) in [7, 11) is 0. The van der Waals surface area contributed by atoms with Gasteiger partial charge in [-0.05, 0) is 36.8 Å². The summed E-state index contributed by atoms with van der Waals surface area (Å²) in [5.74, 6) is 0.379. The maximum absolute atomic E-state index is 12.3. The molecule has 0 amide bonds. The minimum absolute atomic E-state index is 0.0921. The van der Waals surface area contributed by atoms with Crippen molar-refractivity contribution in [2.24, 2.45) is 5.92 Å². The predicted octanol–water partition coefficient (Wildman–Crippen LogP) is 8.62. The molecule has 2 nitrogen and oxygen atoms in total. The molecule has 1 unspecified atom stereocenters. The summed E-state index contributed by atoms with van der Waals surface area (Å²) in [5.41, 5.74) is 2.39. The molecule has 1 aromatic rings. The first-order valence-electron chi connectivity index (χ1n) is 12.8. The average Bonchev–Trinajstić information content (AvgIpc) is 2.73. The van der Waals surface area contributed by atoms with Crippen molar-refractivity contribution >= 4 is 5.97 Å². The Morgan fingerprint density at radius 3 is 1.67 bits per heavy atom. The fourth-order valence-corrected chi connectivity index (χ4v) is 3.97. The van der Waals surface area contributed by atoms with Crippen LogP contribution in [0.15, 0.2) is 24.3 Å². The second kappa shape index (κ2) is 17.4. The molecule has 0 aliphatic carbocycles. The minimum Gasteiger partial charge on any atom is -0.465 e. The average molecular weight is 417 g/mol. The Bertz CT molecular complexity index is 532. The number of unbranched alkanes of at least 4 members (excludes halogenated alkanes) is 12. The van der Waals surface area contributed by atoms with Crippen molar-refractivity contribution in [1.29, 1.82) is 0 Å². The Hall–Kier alpha value is -1.31. The molecule has 0 spiro atoms. The lowest BCUT2D eigenvalue weighted by Crippen LogP contribution is -2.14. The minimum atomic E-state index is -0.180. The van der Waals surface area contributed by atoms with Gasteiger partial charge in [0.05, 0.1) is 12.5 Å². The van der Waals surface area contributed by atoms with Crippen LogP contribution in [0.1, 0.15) is 128 Å². The van der Waals surface area contributed by atoms with E-state index in [2.05, 4.69) is 45.0 Å². The Balaban J connectivity index is 2.00. The molecule has 1 aromatic carbocycles. The molecule has 0 saturated heterocycles. The number of hydrogen-bond acceptors (Lipinski definition) is 2. The highest BCUT2D eigenvalue weighted by Crippen LogP contribution is 2.19. The van der Waals surface area contributed by atoms with Crippen molar-refractivity contribution in [3.8, 4) is 0 Å². The topological polar surface area (TPSA) is 26.3 Å². The molecule has 1 rings (SSSR count). The number of ether oxygens (including phenoxy) is 1. The van der Waals surface area contributed by atoms with Gasteiger partial charge in [0.15, 0.2) is 0 Å². The highest BCUT2D eigenvalue weighted by molar-refractivity contribution is 5.77. The number of rotatable bonds is 18. The van der Waals surface area contributed by atoms with E-state index in [4.69, 9.17) is 4.74 Å². The van der Waals surface area contributed by atoms with E-state index in [9.17, 15) is 4.79 Å². The van der Waals surface area contributed by atoms with Crippen LogP contribution in [0.5, 0.6) is 0 Å². The first-order valence-corrected chi connectivity index (χ1v) is 12.8. The number of esters is 1. The first kappa shape index (κ1) is 26.7. The standard InChI is InChI=1S/C28H48O2/c1-5-6-7-8-9-10-11-12-13-14-15-16-17-22-30-28(29)25(4)27-20-18-26(19-21-27)23-24(2)3/h18-21,24-25H,5-17,22-23H2,1-4H3. The van der Waals surface area contributed by atoms with E-state index in [1.807, 2.05) is 6.92 Å². The van der Waals surface area contributed by atoms with Crippen molar-refractivity contribution in [3.05, 3.63) is 35.4 Å². The zero-order valence-electron chi connectivity index (χ0n) is 20.4. The SMILES string of the molecule is CCCCCCCCCCCCCCCOC(=O)C(C)c1ccc(CC(C)C)cc1. The van der Waals surface area contributed by atoms with E-state index >= 15 is 0 Å². The third-order valence-corrected chi connectivity index (χ3v) is 5.97. The molecule has 30 heavy (non-hydrogen) atoms. The van der Waals surface area contributed by atoms with Crippen LogP contribution in [0.25, 0.3) is 0 Å². The molecule has 1 atom stereocenters. The smallest absolute Gasteiger partial charge is 0.313 e. The van der Waals surface area contributed by atoms with Crippen LogP contribution in [0, 0.1) is 5.92 Å². The van der Waals surface area contributed by atoms with E-state index in [1.165, 1.54) is 82.6 Å². The van der Waals surface area contributed by atoms with Crippen molar-refractivity contribution in [1.82, 2.24) is 0 Å². The predicted molar refractivity (Wildman–Crippen MR) is 130 cm³/mol. The fourth-order valence-electron chi connectivity index (χ4n) is 3.97. The van der Waals surface area contributed by atoms with Crippen molar-refractivity contribution in [3.63, 3.8) is 0 Å². The van der Waals surface area contributed by atoms with Gasteiger partial charge in [-0.1, -0.05) is 122 Å². The number of benzene rings is 1. The highest BCUT2D eigenvalue weighted by Gasteiger charge is 2.16. The molecule has 0 aromatic heterocycles. The van der Waals surface area contributed by atoms with E-state index < -0.39 is 0 Å². The van der Waals surface area contributed by atoms with Gasteiger partial charge in [-0.15, -0.1) is 0 Å². The Morgan fingerprint density at radius 2 is 1.20 bits per heavy atom. The van der Waals surface area contributed by atoms with Gasteiger partial charge in [-0.25, -0.2) is 0 Å². The molecular formula is C28H48O2. The van der Waals surface area contributed by atoms with Crippen molar-refractivity contribution in [2.45, 2.75) is 124 Å². The Morgan fingerprint density at radius 1 is 0.733 bits per heavy atom. The quantitative estimate of drug-likeness (QED) is 0.177. The lowest BCUT2D eigenvalue weighted by atomic mass is 9.97. The fraction of sp³-hybridized carbons (Fsp3) is 0.750. The van der Waals surface area contributed by atoms with Gasteiger partial charge in [0, 0.05) is 0 Å². The van der Waals surface area contributed by atoms with Crippen LogP contribution in [-0.2, 0) is 16.0 Å². The summed E-state index contributed by atoms with van der Waals surface area (Å²) in [6.07, 6.45) is 18.4. The lowest BCUT2D eigenvalue weighted by Gasteiger charge is -2.13. The van der Waals surface area contributed by atoms with E-state index in [-0.39, 0.29) is 11.9 Å². The number of hydrogen-bond donors (Lipinski definition) is 0. The largest absolute Gasteiger partial charge is 0.465 e. The number of carbonyl (C=O) groups excluding carboxylic acids is 1. The van der Waals surface area contributed by atoms with Gasteiger partial charge in [0.2, 0.25) is 0 Å². The van der Waals surface area contributed by atoms with Gasteiger partial charge in [-0.2, -0.15) is 0 Å². The summed E-state index contributed by atoms with van der Waals surface area (Å²) < 4.78 is 5.51. The molecule has 2 heteroatoms. The van der Waals surface area contributed by atoms with Gasteiger partial charge >= 0.3 is 5.97 Å². The van der Waals surface area contributed by atoms with Gasteiger partial charge in [0.25, 0.3) is 0 Å². The van der Waals surface area contributed by atoms with Crippen LogP contribution in [0.3, 0.4) is 0 Å². The summed E-state index contributed by atoms with van der Waals surface area (Å²) >= 11 is 0. The van der Waals surface area contributed by atoms with Crippen molar-refractivity contribution in [2.75, 3.05) is 6.61 Å². The molecule has 172 valence electrons. The summed E-state index contributed by atoms with van der Waals surface area (Å²) in [6, 6.07) is 8.45. The van der Waals surface area contributed by atoms with E-state index in [0.29, 0.717) is 12.5 Å². The first-order chi connectivity index (χ1) is 14.5. The molecule has 0 aliphatic heterocycles. The second-order valence-electron chi connectivity index (χ2n) is 9.47. The Labute approximate surface area is 187 Å². The monoisotopic (exact) mass is 416 g/mol. The normalized spacial score (nSPS) is 12.3. The van der Waals surface area contributed by atoms with Crippen LogP contribution >= 0.6 is 0 Å². The molecule has 0 aliphatic rings. The molecule has 0 fully saturated rings. The second-order valence-corrected chi connectivity index (χ2v) is 9.47. The zero-order valence-corrected chi connectivity index (χ0v) is 20.4. The van der Waals surface area contributed by atoms with Crippen LogP contribution in [0.4, 0.5) is 0 Å².